The van der Waals surface area contributed by atoms with Crippen molar-refractivity contribution in [1.29, 1.82) is 0 Å². The molecule has 80 valence electrons. The number of hydrogen-bond donors (Lipinski definition) is 1. The van der Waals surface area contributed by atoms with Crippen molar-refractivity contribution >= 4 is 11.6 Å². The van der Waals surface area contributed by atoms with Crippen LogP contribution in [0.25, 0.3) is 0 Å². The SMILES string of the molecule is Cc1[nH]nc(C(=O)N2CCC2)c1[N+](=O)[O-]. The molecule has 15 heavy (non-hydrogen) atoms. The molecule has 2 heterocycles. The molecule has 1 aromatic rings. The van der Waals surface area contributed by atoms with Crippen molar-refractivity contribution in [2.24, 2.45) is 0 Å². The van der Waals surface area contributed by atoms with Crippen LogP contribution in [0, 0.1) is 17.0 Å². The van der Waals surface area contributed by atoms with Gasteiger partial charge in [0.05, 0.1) is 4.92 Å². The average Bonchev–Trinajstić information content (AvgIpc) is 2.43. The molecule has 7 heteroatoms. The number of carbonyl (C=O) groups is 1. The van der Waals surface area contributed by atoms with Gasteiger partial charge in [-0.15, -0.1) is 0 Å². The lowest BCUT2D eigenvalue weighted by atomic mass is 10.2. The molecule has 0 aromatic carbocycles. The number of carbonyl (C=O) groups excluding carboxylic acids is 1. The van der Waals surface area contributed by atoms with Gasteiger partial charge in [-0.2, -0.15) is 5.10 Å². The van der Waals surface area contributed by atoms with Gasteiger partial charge in [0.25, 0.3) is 5.91 Å². The highest BCUT2D eigenvalue weighted by atomic mass is 16.6. The summed E-state index contributed by atoms with van der Waals surface area (Å²) in [6.07, 6.45) is 0.947. The van der Waals surface area contributed by atoms with E-state index in [1.165, 1.54) is 6.92 Å². The van der Waals surface area contributed by atoms with Gasteiger partial charge in [-0.05, 0) is 13.3 Å². The van der Waals surface area contributed by atoms with Gasteiger partial charge in [-0.25, -0.2) is 0 Å². The summed E-state index contributed by atoms with van der Waals surface area (Å²) in [5.41, 5.74) is 0.00738. The van der Waals surface area contributed by atoms with Crippen molar-refractivity contribution in [3.05, 3.63) is 21.5 Å². The smallest absolute Gasteiger partial charge is 0.322 e. The molecule has 0 bridgehead atoms. The fourth-order valence-corrected chi connectivity index (χ4v) is 1.46. The topological polar surface area (TPSA) is 92.1 Å². The van der Waals surface area contributed by atoms with Gasteiger partial charge in [0.2, 0.25) is 5.69 Å². The van der Waals surface area contributed by atoms with E-state index in [4.69, 9.17) is 0 Å². The van der Waals surface area contributed by atoms with Gasteiger partial charge < -0.3 is 4.90 Å². The highest BCUT2D eigenvalue weighted by Gasteiger charge is 2.32. The third-order valence-corrected chi connectivity index (χ3v) is 2.44. The van der Waals surface area contributed by atoms with E-state index in [-0.39, 0.29) is 17.3 Å². The van der Waals surface area contributed by atoms with E-state index in [2.05, 4.69) is 10.2 Å². The molecule has 1 amide bonds. The maximum Gasteiger partial charge on any atom is 0.322 e. The first kappa shape index (κ1) is 9.63. The fraction of sp³-hybridized carbons (Fsp3) is 0.500. The third-order valence-electron chi connectivity index (χ3n) is 2.44. The van der Waals surface area contributed by atoms with Crippen molar-refractivity contribution in [2.45, 2.75) is 13.3 Å². The van der Waals surface area contributed by atoms with E-state index in [1.807, 2.05) is 0 Å². The Kier molecular flexibility index (Phi) is 2.14. The molecule has 0 aliphatic carbocycles. The lowest BCUT2D eigenvalue weighted by Gasteiger charge is -2.29. The summed E-state index contributed by atoms with van der Waals surface area (Å²) >= 11 is 0. The minimum atomic E-state index is -0.578. The summed E-state index contributed by atoms with van der Waals surface area (Å²) in [5.74, 6) is -0.364. The van der Waals surface area contributed by atoms with Crippen LogP contribution in [0.4, 0.5) is 5.69 Å². The Balaban J connectivity index is 2.34. The Labute approximate surface area is 85.2 Å². The number of rotatable bonds is 2. The summed E-state index contributed by atoms with van der Waals surface area (Å²) in [4.78, 5) is 23.4. The van der Waals surface area contributed by atoms with Gasteiger partial charge in [0.15, 0.2) is 0 Å². The zero-order chi connectivity index (χ0) is 11.0. The monoisotopic (exact) mass is 210 g/mol. The van der Waals surface area contributed by atoms with Gasteiger partial charge in [-0.1, -0.05) is 0 Å². The summed E-state index contributed by atoms with van der Waals surface area (Å²) in [5, 5.41) is 16.9. The molecule has 1 fully saturated rings. The molecule has 0 saturated carbocycles. The Morgan fingerprint density at radius 1 is 1.60 bits per heavy atom. The molecule has 0 unspecified atom stereocenters. The predicted molar refractivity (Wildman–Crippen MR) is 50.5 cm³/mol. The molecular weight excluding hydrogens is 200 g/mol. The standard InChI is InChI=1S/C8H10N4O3/c1-5-7(12(14)15)6(10-9-5)8(13)11-3-2-4-11/h2-4H2,1H3,(H,9,10). The number of aryl methyl sites for hydroxylation is 1. The van der Waals surface area contributed by atoms with E-state index in [0.29, 0.717) is 18.8 Å². The summed E-state index contributed by atoms with van der Waals surface area (Å²) in [7, 11) is 0. The summed E-state index contributed by atoms with van der Waals surface area (Å²) in [6.45, 7) is 2.84. The van der Waals surface area contributed by atoms with Crippen LogP contribution in [0.3, 0.4) is 0 Å². The minimum Gasteiger partial charge on any atom is -0.337 e. The minimum absolute atomic E-state index is 0.0859. The molecule has 1 saturated heterocycles. The van der Waals surface area contributed by atoms with E-state index in [1.54, 1.807) is 4.90 Å². The second kappa shape index (κ2) is 3.34. The van der Waals surface area contributed by atoms with Crippen LogP contribution in [-0.2, 0) is 0 Å². The fourth-order valence-electron chi connectivity index (χ4n) is 1.46. The van der Waals surface area contributed by atoms with Crippen LogP contribution >= 0.6 is 0 Å². The summed E-state index contributed by atoms with van der Waals surface area (Å²) in [6, 6.07) is 0. The molecule has 0 atom stereocenters. The number of amides is 1. The van der Waals surface area contributed by atoms with Gasteiger partial charge >= 0.3 is 5.69 Å². The quantitative estimate of drug-likeness (QED) is 0.567. The van der Waals surface area contributed by atoms with Crippen LogP contribution in [0.1, 0.15) is 22.6 Å². The number of aromatic nitrogens is 2. The van der Waals surface area contributed by atoms with Crippen LogP contribution in [0.5, 0.6) is 0 Å². The number of likely N-dealkylation sites (tertiary alicyclic amines) is 1. The van der Waals surface area contributed by atoms with Crippen LogP contribution < -0.4 is 0 Å². The zero-order valence-corrected chi connectivity index (χ0v) is 8.19. The molecule has 1 aliphatic rings. The highest BCUT2D eigenvalue weighted by Crippen LogP contribution is 2.23. The Morgan fingerprint density at radius 3 is 2.73 bits per heavy atom. The lowest BCUT2D eigenvalue weighted by molar-refractivity contribution is -0.385. The number of aromatic amines is 1. The second-order valence-corrected chi connectivity index (χ2v) is 3.45. The molecule has 2 rings (SSSR count). The largest absolute Gasteiger partial charge is 0.337 e. The van der Waals surface area contributed by atoms with Crippen molar-refractivity contribution in [1.82, 2.24) is 15.1 Å². The predicted octanol–water partition coefficient (Wildman–Crippen LogP) is 0.472. The average molecular weight is 210 g/mol. The van der Waals surface area contributed by atoms with E-state index in [9.17, 15) is 14.9 Å². The van der Waals surface area contributed by atoms with Crippen molar-refractivity contribution in [3.8, 4) is 0 Å². The molecule has 0 spiro atoms. The third kappa shape index (κ3) is 1.45. The number of hydrogen-bond acceptors (Lipinski definition) is 4. The number of H-pyrrole nitrogens is 1. The van der Waals surface area contributed by atoms with Crippen LogP contribution in [0.2, 0.25) is 0 Å². The number of nitrogens with zero attached hydrogens (tertiary/aromatic N) is 3. The highest BCUT2D eigenvalue weighted by molar-refractivity contribution is 5.96. The van der Waals surface area contributed by atoms with Gasteiger partial charge in [0, 0.05) is 13.1 Å². The van der Waals surface area contributed by atoms with Crippen molar-refractivity contribution < 1.29 is 9.72 Å². The van der Waals surface area contributed by atoms with Crippen molar-refractivity contribution in [2.75, 3.05) is 13.1 Å². The number of nitro groups is 1. The van der Waals surface area contributed by atoms with Crippen molar-refractivity contribution in [3.63, 3.8) is 0 Å². The Bertz CT molecular complexity index is 422. The first-order valence-electron chi connectivity index (χ1n) is 4.60. The Hall–Kier alpha value is -1.92. The van der Waals surface area contributed by atoms with E-state index in [0.717, 1.165) is 6.42 Å². The maximum atomic E-state index is 11.7. The van der Waals surface area contributed by atoms with Gasteiger partial charge in [-0.3, -0.25) is 20.0 Å². The second-order valence-electron chi connectivity index (χ2n) is 3.45. The normalized spacial score (nSPS) is 14.9. The van der Waals surface area contributed by atoms with Crippen LogP contribution in [-0.4, -0.2) is 39.0 Å². The zero-order valence-electron chi connectivity index (χ0n) is 8.19. The van der Waals surface area contributed by atoms with Gasteiger partial charge in [0.1, 0.15) is 5.69 Å². The molecule has 0 radical (unpaired) electrons. The molecule has 1 aliphatic heterocycles. The molecule has 1 aromatic heterocycles. The van der Waals surface area contributed by atoms with Crippen LogP contribution in [0.15, 0.2) is 0 Å². The number of nitrogens with one attached hydrogen (secondary N) is 1. The molecule has 1 N–H and O–H groups in total. The lowest BCUT2D eigenvalue weighted by Crippen LogP contribution is -2.42. The Morgan fingerprint density at radius 2 is 2.27 bits per heavy atom. The molecular formula is C8H10N4O3. The van der Waals surface area contributed by atoms with E-state index >= 15 is 0 Å². The maximum absolute atomic E-state index is 11.7. The first-order valence-corrected chi connectivity index (χ1v) is 4.60. The van der Waals surface area contributed by atoms with E-state index < -0.39 is 4.92 Å². The summed E-state index contributed by atoms with van der Waals surface area (Å²) < 4.78 is 0. The molecule has 7 nitrogen and oxygen atoms in total. The first-order chi connectivity index (χ1) is 7.11.